The van der Waals surface area contributed by atoms with E-state index in [9.17, 15) is 0 Å². The summed E-state index contributed by atoms with van der Waals surface area (Å²) in [5.41, 5.74) is 60.1. The zero-order chi connectivity index (χ0) is 102. The van der Waals surface area contributed by atoms with Gasteiger partial charge in [0.2, 0.25) is 0 Å². The maximum atomic E-state index is 6.81. The Kier molecular flexibility index (Phi) is 30.0. The van der Waals surface area contributed by atoms with Gasteiger partial charge in [-0.15, -0.1) is 0 Å². The van der Waals surface area contributed by atoms with Gasteiger partial charge in [-0.2, -0.15) is 0 Å². The van der Waals surface area contributed by atoms with Gasteiger partial charge in [0.05, 0.1) is 32.3 Å². The first kappa shape index (κ1) is 104. The van der Waals surface area contributed by atoms with Crippen LogP contribution in [0.25, 0.3) is 133 Å². The maximum absolute atomic E-state index is 6.81. The van der Waals surface area contributed by atoms with Crippen molar-refractivity contribution in [2.75, 3.05) is 34.4 Å². The molecule has 0 aliphatic heterocycles. The fourth-order valence-corrected chi connectivity index (χ4v) is 21.6. The van der Waals surface area contributed by atoms with Gasteiger partial charge in [-0.05, 0) is 239 Å². The molecule has 12 aromatic heterocycles. The molecule has 720 valence electrons. The second-order valence-electron chi connectivity index (χ2n) is 40.3. The Morgan fingerprint density at radius 3 is 0.572 bits per heavy atom. The lowest BCUT2D eigenvalue weighted by Crippen LogP contribution is -2.22. The van der Waals surface area contributed by atoms with Crippen molar-refractivity contribution in [3.8, 4) is 66.8 Å². The van der Waals surface area contributed by atoms with Crippen molar-refractivity contribution in [2.24, 2.45) is 0 Å². The van der Waals surface area contributed by atoms with Gasteiger partial charge in [0.15, 0.2) is 0 Å². The second kappa shape index (κ2) is 39.7. The fourth-order valence-electron chi connectivity index (χ4n) is 17.1. The van der Waals surface area contributed by atoms with E-state index in [1.54, 1.807) is 0 Å². The van der Waals surface area contributed by atoms with Crippen molar-refractivity contribution in [3.05, 3.63) is 242 Å². The Bertz CT molecular complexity index is 6620. The lowest BCUT2D eigenvalue weighted by Gasteiger charge is -2.23. The van der Waals surface area contributed by atoms with E-state index in [0.29, 0.717) is 87.2 Å². The molecule has 0 aliphatic carbocycles. The fraction of sp³-hybridized carbons (Fsp3) is 0.308. The van der Waals surface area contributed by atoms with Crippen LogP contribution in [0.5, 0.6) is 0 Å². The number of fused-ring (bicyclic) bond motifs is 6. The van der Waals surface area contributed by atoms with Crippen molar-refractivity contribution in [1.82, 2.24) is 87.2 Å². The molecule has 0 fully saturated rings. The van der Waals surface area contributed by atoms with Crippen LogP contribution in [0.1, 0.15) is 169 Å². The van der Waals surface area contributed by atoms with E-state index in [4.69, 9.17) is 127 Å². The summed E-state index contributed by atoms with van der Waals surface area (Å²) < 4.78 is 13.9. The number of hydrogen-bond donors (Lipinski definition) is 6. The van der Waals surface area contributed by atoms with Gasteiger partial charge in [0.25, 0.3) is 0 Å². The van der Waals surface area contributed by atoms with Crippen molar-refractivity contribution < 1.29 is 0 Å². The standard InChI is InChI=1S/2C18H21ClN4.2C17H18BrClN4.2C17H18Cl2N4/c2*1-10-6-7-11(2)12(8-10)13-14-16(20)21-9-22-17(14)23(15(13)19)18(3,4)5;4*1-9-5-6-11(18)10(7-9)12-13-15(20)21-8-22-16(13)23(14(12)19)17(2,3)4/h2*6-9H,1-5H3,(H2,20,21,22);4*5-8H,1-4H3,(H2,20,21,22). The average molecular weight is 2140 g/mol. The van der Waals surface area contributed by atoms with Crippen LogP contribution in [-0.2, 0) is 33.2 Å². The first-order valence-electron chi connectivity index (χ1n) is 44.4. The number of aromatic nitrogens is 18. The number of nitrogen functional groups attached to an aromatic ring is 6. The van der Waals surface area contributed by atoms with Crippen LogP contribution in [-0.4, -0.2) is 87.2 Å². The first-order valence-corrected chi connectivity index (χ1v) is 49.0. The summed E-state index contributed by atoms with van der Waals surface area (Å²) in [5, 5.41) is 9.58. The molecule has 18 rings (SSSR count). The van der Waals surface area contributed by atoms with Crippen molar-refractivity contribution in [2.45, 2.75) is 213 Å². The minimum Gasteiger partial charge on any atom is -0.383 e. The lowest BCUT2D eigenvalue weighted by atomic mass is 9.98. The lowest BCUT2D eigenvalue weighted by molar-refractivity contribution is 0.409. The van der Waals surface area contributed by atoms with E-state index in [2.05, 4.69) is 293 Å². The molecule has 0 saturated carbocycles. The van der Waals surface area contributed by atoms with Gasteiger partial charge in [0.1, 0.15) is 138 Å². The van der Waals surface area contributed by atoms with Crippen LogP contribution in [0.3, 0.4) is 0 Å². The Balaban J connectivity index is 0.000000140. The summed E-state index contributed by atoms with van der Waals surface area (Å²) in [4.78, 5) is 51.6. The SMILES string of the molecule is Cc1ccc(Br)c(-c2c(Cl)n(C(C)(C)C)c3ncnc(N)c23)c1.Cc1ccc(Br)c(-c2c(Cl)n(C(C)(C)C)c3ncnc(N)c23)c1.Cc1ccc(C)c(-c2c(Cl)n(C(C)(C)C)c3ncnc(N)c23)c1.Cc1ccc(C)c(-c2c(Cl)n(C(C)(C)C)c3ncnc(N)c23)c1.Cc1ccc(Cl)c(-c2c(Cl)n(C(C)(C)C)c3ncnc(N)c23)c1.Cc1ccc(Cl)c(-c2c(Cl)n(C(C)(C)C)c3ncnc(N)c23)c1. The predicted octanol–water partition coefficient (Wildman–Crippen LogP) is 29.8. The highest BCUT2D eigenvalue weighted by atomic mass is 79.9. The minimum absolute atomic E-state index is 0.216. The molecule has 0 amide bonds. The number of anilines is 6. The first-order chi connectivity index (χ1) is 64.3. The quantitative estimate of drug-likeness (QED) is 0.0900. The number of hydrogen-bond acceptors (Lipinski definition) is 18. The molecule has 0 bridgehead atoms. The number of benzene rings is 6. The molecule has 0 atom stereocenters. The summed E-state index contributed by atoms with van der Waals surface area (Å²) in [6.45, 7) is 53.9. The highest BCUT2D eigenvalue weighted by Gasteiger charge is 2.36. The molecule has 12 N–H and O–H groups in total. The van der Waals surface area contributed by atoms with Crippen molar-refractivity contribution in [1.29, 1.82) is 0 Å². The normalized spacial score (nSPS) is 12.1. The number of aryl methyl sites for hydroxylation is 8. The van der Waals surface area contributed by atoms with Crippen LogP contribution in [0, 0.1) is 55.4 Å². The molecule has 138 heavy (non-hydrogen) atoms. The molecule has 34 heteroatoms. The average Bonchev–Trinajstić information content (AvgIpc) is 1.61. The molecule has 0 saturated heterocycles. The topological polar surface area (TPSA) is 340 Å². The minimum atomic E-state index is -0.259. The third-order valence-corrected chi connectivity index (χ3v) is 27.4. The van der Waals surface area contributed by atoms with Gasteiger partial charge in [-0.1, -0.05) is 231 Å². The molecule has 18 aromatic rings. The van der Waals surface area contributed by atoms with E-state index in [1.807, 2.05) is 116 Å². The number of rotatable bonds is 6. The molecule has 0 aliphatic rings. The highest BCUT2D eigenvalue weighted by Crippen LogP contribution is 2.52. The Morgan fingerprint density at radius 1 is 0.217 bits per heavy atom. The van der Waals surface area contributed by atoms with Gasteiger partial charge >= 0.3 is 0 Å². The van der Waals surface area contributed by atoms with Gasteiger partial charge in [-0.3, -0.25) is 0 Å². The summed E-state index contributed by atoms with van der Waals surface area (Å²) in [6.07, 6.45) is 8.85. The van der Waals surface area contributed by atoms with E-state index >= 15 is 0 Å². The zero-order valence-electron chi connectivity index (χ0n) is 82.1. The van der Waals surface area contributed by atoms with E-state index in [0.717, 1.165) is 164 Å². The Hall–Kier alpha value is -10.9. The van der Waals surface area contributed by atoms with Gasteiger partial charge in [0, 0.05) is 108 Å². The third kappa shape index (κ3) is 20.4. The Morgan fingerprint density at radius 2 is 0.377 bits per heavy atom. The van der Waals surface area contributed by atoms with Crippen LogP contribution < -0.4 is 34.4 Å². The second-order valence-corrected chi connectivity index (χ2v) is 45.0. The van der Waals surface area contributed by atoms with E-state index < -0.39 is 0 Å². The molecule has 0 radical (unpaired) electrons. The molecule has 0 spiro atoms. The van der Waals surface area contributed by atoms with Crippen molar-refractivity contribution >= 4 is 226 Å². The molecule has 6 aromatic carbocycles. The van der Waals surface area contributed by atoms with Gasteiger partial charge < -0.3 is 61.8 Å². The van der Waals surface area contributed by atoms with Crippen LogP contribution in [0.15, 0.2) is 156 Å². The Labute approximate surface area is 861 Å². The molecule has 24 nitrogen and oxygen atoms in total. The molecule has 0 unspecified atom stereocenters. The van der Waals surface area contributed by atoms with Crippen LogP contribution in [0.4, 0.5) is 34.9 Å². The largest absolute Gasteiger partial charge is 0.383 e. The third-order valence-electron chi connectivity index (χ3n) is 23.2. The summed E-state index contributed by atoms with van der Waals surface area (Å²) in [6, 6.07) is 36.6. The number of nitrogens with zero attached hydrogens (tertiary/aromatic N) is 18. The highest BCUT2D eigenvalue weighted by molar-refractivity contribution is 9.11. The predicted molar refractivity (Wildman–Crippen MR) is 588 cm³/mol. The van der Waals surface area contributed by atoms with E-state index in [1.165, 1.54) is 49.1 Å². The summed E-state index contributed by atoms with van der Waals surface area (Å²) in [7, 11) is 0. The van der Waals surface area contributed by atoms with E-state index in [-0.39, 0.29) is 33.2 Å². The zero-order valence-corrected chi connectivity index (χ0v) is 91.4. The van der Waals surface area contributed by atoms with Crippen molar-refractivity contribution in [3.63, 3.8) is 0 Å². The monoisotopic (exact) mass is 2140 g/mol. The summed E-state index contributed by atoms with van der Waals surface area (Å²) in [5.74, 6) is 2.57. The summed E-state index contributed by atoms with van der Waals surface area (Å²) >= 11 is 60.8. The van der Waals surface area contributed by atoms with Crippen LogP contribution in [0.2, 0.25) is 41.0 Å². The van der Waals surface area contributed by atoms with Gasteiger partial charge in [-0.25, -0.2) is 59.8 Å². The maximum Gasteiger partial charge on any atom is 0.147 e. The molecular weight excluding hydrogens is 2030 g/mol. The molecule has 12 heterocycles. The number of halogens is 10. The molecular formula is C104H114Br2Cl8N24. The van der Waals surface area contributed by atoms with Crippen LogP contribution >= 0.6 is 125 Å². The number of nitrogens with two attached hydrogens (primary N) is 6. The smallest absolute Gasteiger partial charge is 0.147 e.